The normalized spacial score (nSPS) is 29.8. The number of benzene rings is 1. The second kappa shape index (κ2) is 8.32. The number of carbonyl (C=O) groups is 3. The van der Waals surface area contributed by atoms with Crippen LogP contribution < -0.4 is 0 Å². The van der Waals surface area contributed by atoms with Crippen molar-refractivity contribution < 1.29 is 45.6 Å². The van der Waals surface area contributed by atoms with Crippen LogP contribution in [0.25, 0.3) is 0 Å². The minimum absolute atomic E-state index is 0. The van der Waals surface area contributed by atoms with E-state index in [1.54, 1.807) is 49.1 Å². The molecule has 1 saturated heterocycles. The first-order valence-corrected chi connectivity index (χ1v) is 11.7. The summed E-state index contributed by atoms with van der Waals surface area (Å²) in [5.74, 6) is -5.45. The number of nitrogens with zero attached hydrogens (tertiary/aromatic N) is 1. The van der Waals surface area contributed by atoms with Crippen LogP contribution in [0.5, 0.6) is 0 Å². The zero-order valence-corrected chi connectivity index (χ0v) is 25.5. The molecule has 1 heterocycles. The van der Waals surface area contributed by atoms with Crippen molar-refractivity contribution in [1.82, 2.24) is 4.90 Å². The third-order valence-corrected chi connectivity index (χ3v) is 7.40. The molecule has 0 aromatic heterocycles. The van der Waals surface area contributed by atoms with E-state index in [4.69, 9.17) is 4.74 Å². The van der Waals surface area contributed by atoms with Gasteiger partial charge in [-0.05, 0) is 38.3 Å². The second-order valence-electron chi connectivity index (χ2n) is 8.75. The number of fused-ring (bicyclic) bond motifs is 1. The van der Waals surface area contributed by atoms with Gasteiger partial charge in [0.05, 0.1) is 23.4 Å². The number of ether oxygens (including phenoxy) is 2. The number of carbonyl (C=O) groups excluding carboxylic acids is 3. The summed E-state index contributed by atoms with van der Waals surface area (Å²) in [5, 5.41) is -4.92. The molecule has 6 atom stereocenters. The molecule has 4 rings (SSSR count). The molecule has 1 aliphatic heterocycles. The van der Waals surface area contributed by atoms with E-state index in [1.807, 2.05) is 0 Å². The number of halogens is 2. The molecule has 34 heavy (non-hydrogen) atoms. The molecule has 0 spiro atoms. The summed E-state index contributed by atoms with van der Waals surface area (Å²) in [5.41, 5.74) is 0.269. The van der Waals surface area contributed by atoms with Gasteiger partial charge >= 0.3 is 5.97 Å². The molecule has 1 aromatic carbocycles. The molecule has 9 nitrogen and oxygen atoms in total. The third kappa shape index (κ3) is 3.75. The first kappa shape index (κ1) is 25.0. The van der Waals surface area contributed by atoms with Crippen LogP contribution >= 0.6 is 0 Å². The summed E-state index contributed by atoms with van der Waals surface area (Å²) in [6, 6.07) is 7.35. The number of rotatable bonds is 7. The Labute approximate surface area is 188 Å². The molecule has 0 N–H and O–H groups in total. The average molecular weight is 752 g/mol. The maximum absolute atomic E-state index is 13.5. The smallest absolute Gasteiger partial charge is 0.338 e. The SMILES string of the molecule is CC(C)N1C(=O)C2C3CC(C(OC(=O)c4ccccc4)C31)C2C(=O)O[CH-]C(F)(F)S(=O)(=O)[O-].[Rf]. The Kier molecular flexibility index (Phi) is 6.12. The van der Waals surface area contributed by atoms with Crippen molar-refractivity contribution in [3.63, 3.8) is 0 Å². The first-order chi connectivity index (χ1) is 15.3. The van der Waals surface area contributed by atoms with Gasteiger partial charge in [0.2, 0.25) is 5.91 Å². The fourth-order valence-electron chi connectivity index (χ4n) is 5.46. The Morgan fingerprint density at radius 1 is 1.21 bits per heavy atom. The first-order valence-electron chi connectivity index (χ1n) is 10.3. The maximum Gasteiger partial charge on any atom is 0.338 e. The number of hydrogen-bond donors (Lipinski definition) is 0. The fourth-order valence-corrected chi connectivity index (χ4v) is 5.62. The number of hydrogen-bond acceptors (Lipinski definition) is 8. The van der Waals surface area contributed by atoms with E-state index < -0.39 is 63.8 Å². The number of amides is 1. The molecule has 182 valence electrons. The molecule has 3 aliphatic rings. The van der Waals surface area contributed by atoms with Crippen molar-refractivity contribution in [2.45, 2.75) is 43.7 Å². The van der Waals surface area contributed by atoms with E-state index in [-0.39, 0.29) is 23.4 Å². The molecular weight excluding hydrogens is 731 g/mol. The van der Waals surface area contributed by atoms with Gasteiger partial charge in [-0.25, -0.2) is 22.0 Å². The van der Waals surface area contributed by atoms with E-state index in [9.17, 15) is 36.1 Å². The zero-order chi connectivity index (χ0) is 24.3. The third-order valence-electron chi connectivity index (χ3n) is 6.64. The van der Waals surface area contributed by atoms with Crippen LogP contribution in [-0.2, 0) is 29.2 Å². The van der Waals surface area contributed by atoms with Crippen molar-refractivity contribution in [3.05, 3.63) is 42.5 Å². The Hall–Kier alpha value is -3.60. The Balaban J connectivity index is 0.00000324. The van der Waals surface area contributed by atoms with Crippen molar-refractivity contribution in [2.75, 3.05) is 0 Å². The minimum Gasteiger partial charge on any atom is -0.746 e. The van der Waals surface area contributed by atoms with Crippen LogP contribution in [0, 0.1) is 30.3 Å². The second-order valence-corrected chi connectivity index (χ2v) is 10.2. The molecule has 3 fully saturated rings. The van der Waals surface area contributed by atoms with Crippen LogP contribution in [0.1, 0.15) is 30.6 Å². The minimum atomic E-state index is -6.09. The summed E-state index contributed by atoms with van der Waals surface area (Å²) in [6.45, 7) is 2.92. The summed E-state index contributed by atoms with van der Waals surface area (Å²) in [4.78, 5) is 40.1. The van der Waals surface area contributed by atoms with Crippen LogP contribution in [0.15, 0.2) is 30.3 Å². The standard InChI is InChI=1S/C21H22F2NO8S.Rf/c1-10(2)24-16-12-8-13(17(16)32-19(26)11-6-4-3-5-7-11)15(14(12)18(24)25)20(27)31-9-21(22,23)33(28,29)30;/h3-7,9-10,12-17H,8H2,1-2H3,(H,28,29,30);/q-1;/p-1. The largest absolute Gasteiger partial charge is 0.746 e. The molecule has 1 aromatic rings. The molecule has 2 bridgehead atoms. The summed E-state index contributed by atoms with van der Waals surface area (Å²) < 4.78 is 69.1. The van der Waals surface area contributed by atoms with Gasteiger partial charge in [-0.1, -0.05) is 24.8 Å². The van der Waals surface area contributed by atoms with E-state index in [2.05, 4.69) is 4.74 Å². The molecule has 6 unspecified atom stereocenters. The van der Waals surface area contributed by atoms with E-state index in [0.29, 0.717) is 6.42 Å². The average Bonchev–Trinajstić information content (AvgIpc) is 3.34. The molecule has 2 aliphatic carbocycles. The van der Waals surface area contributed by atoms with Crippen molar-refractivity contribution in [2.24, 2.45) is 23.7 Å². The Morgan fingerprint density at radius 3 is 2.38 bits per heavy atom. The van der Waals surface area contributed by atoms with Gasteiger partial charge in [0.15, 0.2) is 0 Å². The zero-order valence-electron chi connectivity index (χ0n) is 18.3. The summed E-state index contributed by atoms with van der Waals surface area (Å²) in [6.07, 6.45) is -0.554. The molecule has 2 saturated carbocycles. The summed E-state index contributed by atoms with van der Waals surface area (Å²) >= 11 is 0. The van der Waals surface area contributed by atoms with Crippen LogP contribution in [0.4, 0.5) is 8.78 Å². The summed E-state index contributed by atoms with van der Waals surface area (Å²) in [7, 11) is -6.09. The number of esters is 2. The van der Waals surface area contributed by atoms with E-state index >= 15 is 0 Å². The van der Waals surface area contributed by atoms with Crippen LogP contribution in [-0.4, -0.2) is 59.2 Å². The molecule has 0 radical (unpaired) electrons. The predicted molar refractivity (Wildman–Crippen MR) is 105 cm³/mol. The van der Waals surface area contributed by atoms with Gasteiger partial charge in [0.1, 0.15) is 16.2 Å². The van der Waals surface area contributed by atoms with Gasteiger partial charge in [-0.3, -0.25) is 9.59 Å². The quantitative estimate of drug-likeness (QED) is 0.233. The Bertz CT molecular complexity index is 1080. The monoisotopic (exact) mass is 752 g/mol. The number of alkyl halides is 2. The van der Waals surface area contributed by atoms with E-state index in [1.165, 1.54) is 0 Å². The van der Waals surface area contributed by atoms with Crippen LogP contribution in [0.3, 0.4) is 0 Å². The van der Waals surface area contributed by atoms with Crippen molar-refractivity contribution in [1.29, 1.82) is 0 Å². The van der Waals surface area contributed by atoms with Gasteiger partial charge in [0.25, 0.3) is 11.2 Å². The van der Waals surface area contributed by atoms with Gasteiger partial charge in [-0.15, -0.1) is 0 Å². The molecule has 13 heteroatoms. The van der Waals surface area contributed by atoms with Gasteiger partial charge in [0, 0.05) is 12.0 Å². The fraction of sp³-hybridized carbons (Fsp3) is 0.524. The maximum atomic E-state index is 13.5. The van der Waals surface area contributed by atoms with Gasteiger partial charge < -0.3 is 18.9 Å². The van der Waals surface area contributed by atoms with Crippen molar-refractivity contribution >= 4 is 28.0 Å². The number of likely N-dealkylation sites (tertiary alicyclic amines) is 1. The van der Waals surface area contributed by atoms with E-state index in [0.717, 1.165) is 0 Å². The van der Waals surface area contributed by atoms with Crippen LogP contribution in [0.2, 0.25) is 0 Å². The molecule has 1 amide bonds. The van der Waals surface area contributed by atoms with Gasteiger partial charge in [-0.2, -0.15) is 0 Å². The topological polar surface area (TPSA) is 130 Å². The van der Waals surface area contributed by atoms with Crippen molar-refractivity contribution in [3.8, 4) is 0 Å². The molecular formula is C21H21F2NO8RfS-2. The predicted octanol–water partition coefficient (Wildman–Crippen LogP) is 1.56. The Morgan fingerprint density at radius 2 is 1.82 bits per heavy atom.